The van der Waals surface area contributed by atoms with Crippen molar-refractivity contribution in [2.45, 2.75) is 254 Å². The largest absolute Gasteiger partial charge is 0.456 e. The maximum atomic E-state index is 14.7. The van der Waals surface area contributed by atoms with Gasteiger partial charge in [0.05, 0.1) is 0 Å². The van der Waals surface area contributed by atoms with Crippen LogP contribution in [0.15, 0.2) is 45.3 Å². The number of rotatable bonds is 9. The van der Waals surface area contributed by atoms with Crippen LogP contribution < -0.4 is 0 Å². The van der Waals surface area contributed by atoms with Crippen molar-refractivity contribution >= 4 is 33.3 Å². The smallest absolute Gasteiger partial charge is 0.449 e. The predicted octanol–water partition coefficient (Wildman–Crippen LogP) is 16.3. The van der Waals surface area contributed by atoms with Crippen LogP contribution in [-0.4, -0.2) is 118 Å². The Kier molecular flexibility index (Phi) is 16.8. The first kappa shape index (κ1) is 68.6. The molecule has 534 valence electrons. The molecule has 16 nitrogen and oxygen atoms in total. The van der Waals surface area contributed by atoms with Crippen LogP contribution in [0.5, 0.6) is 0 Å². The lowest BCUT2D eigenvalue weighted by Gasteiger charge is -2.58. The van der Waals surface area contributed by atoms with E-state index in [2.05, 4.69) is 13.8 Å². The Morgan fingerprint density at radius 2 is 0.537 bits per heavy atom. The molecule has 24 atom stereocenters. The molecule has 20 rings (SSSR count). The van der Waals surface area contributed by atoms with Crippen molar-refractivity contribution in [1.82, 2.24) is 0 Å². The van der Waals surface area contributed by atoms with Gasteiger partial charge in [-0.05, 0) is 151 Å². The van der Waals surface area contributed by atoms with Gasteiger partial charge < -0.3 is 37.9 Å². The molecule has 0 N–H and O–H groups in total. The molecule has 16 heterocycles. The van der Waals surface area contributed by atoms with E-state index < -0.39 is 142 Å². The number of hydrogen-bond donors (Lipinski definition) is 0. The highest BCUT2D eigenvalue weighted by Crippen LogP contribution is 2.68. The van der Waals surface area contributed by atoms with Gasteiger partial charge in [0.2, 0.25) is 71.3 Å². The fourth-order valence-electron chi connectivity index (χ4n) is 20.1. The zero-order chi connectivity index (χ0) is 67.4. The second-order valence-corrected chi connectivity index (χ2v) is 33.8. The van der Waals surface area contributed by atoms with Gasteiger partial charge in [-0.2, -0.15) is 64.4 Å². The van der Waals surface area contributed by atoms with Gasteiger partial charge in [0.15, 0.2) is 22.4 Å². The highest BCUT2D eigenvalue weighted by atomic mass is 33.1. The molecule has 4 unspecified atom stereocenters. The second-order valence-electron chi connectivity index (χ2n) is 30.3. The molecular formula is C64H80F12O16S3. The van der Waals surface area contributed by atoms with Crippen LogP contribution in [0, 0.1) is 71.0 Å². The molecule has 16 aliphatic heterocycles. The highest BCUT2D eigenvalue weighted by Gasteiger charge is 2.75. The zero-order valence-electron chi connectivity index (χ0n) is 53.7. The summed E-state index contributed by atoms with van der Waals surface area (Å²) >= 11 is 0.978. The molecule has 16 fully saturated rings. The van der Waals surface area contributed by atoms with Crippen LogP contribution in [0.4, 0.5) is 52.7 Å². The van der Waals surface area contributed by atoms with Crippen LogP contribution in [0.2, 0.25) is 0 Å². The molecule has 0 aromatic heterocycles. The molecule has 0 amide bonds. The van der Waals surface area contributed by atoms with Crippen LogP contribution in [0.25, 0.3) is 0 Å². The van der Waals surface area contributed by atoms with Crippen LogP contribution in [0.1, 0.15) is 158 Å². The Morgan fingerprint density at radius 1 is 0.316 bits per heavy atom. The average Bonchev–Trinajstić information content (AvgIpc) is 1.71. The summed E-state index contributed by atoms with van der Waals surface area (Å²) in [5.41, 5.74) is -5.20. The molecule has 0 aromatic rings. The van der Waals surface area contributed by atoms with Crippen LogP contribution in [-0.2, 0) is 77.0 Å². The summed E-state index contributed by atoms with van der Waals surface area (Å²) in [5, 5.41) is 0. The molecule has 20 aliphatic rings. The zero-order valence-corrected chi connectivity index (χ0v) is 56.1. The van der Waals surface area contributed by atoms with Gasteiger partial charge in [-0.25, -0.2) is 39.1 Å². The fraction of sp³-hybridized carbons (Fsp3) is 0.875. The standard InChI is InChI=1S/C32H40F6O8S2.C32H40F6O8S/c1-15-5-7-21-17(23(31(33,34)35)39-25-29(21)19(15)9-11-27(3,41-25)43-45-29)13-47-48-14-18-22-8-6-16(2)20-10-12-28(4)42-26(30(20,22)46-44-28)40-24(18)32(36,37)38;1-15-5-7-21-17(23(31(33,34)35)39-25-29(21)19(15)9-11-27(3,41-25)43-45-29)13-47-14-18-22-8-6-16(2)20-10-12-28(4)42-26(30(20,22)46-44-28)40-24(18)32(36,37)38/h15-16,19-22,25-26H,5-14H2,1-4H3;15-16,19-22,25-26H,5-14H2,1-4H3/t2*15-,16-,19?,20?,21+,22+,25-,26-,27-,28-,29-,30-/m11/s1. The Balaban J connectivity index is 0.000000156. The quantitative estimate of drug-likeness (QED) is 0.0932. The number of hydrogen-bond acceptors (Lipinski definition) is 19. The Bertz CT molecular complexity index is 2970. The molecule has 4 aliphatic carbocycles. The fourth-order valence-corrected chi connectivity index (χ4v) is 23.6. The first-order valence-corrected chi connectivity index (χ1v) is 37.0. The number of halogens is 12. The van der Waals surface area contributed by atoms with E-state index in [-0.39, 0.29) is 92.6 Å². The van der Waals surface area contributed by atoms with Crippen LogP contribution in [0.3, 0.4) is 0 Å². The maximum Gasteiger partial charge on any atom is 0.449 e. The lowest BCUT2D eigenvalue weighted by molar-refractivity contribution is -0.557. The topological polar surface area (TPSA) is 148 Å². The molecule has 8 bridgehead atoms. The van der Waals surface area contributed by atoms with E-state index in [0.717, 1.165) is 33.3 Å². The average molecular weight is 1430 g/mol. The van der Waals surface area contributed by atoms with Gasteiger partial charge in [-0.15, -0.1) is 0 Å². The summed E-state index contributed by atoms with van der Waals surface area (Å²) in [7, 11) is 2.12. The molecule has 0 radical (unpaired) electrons. The van der Waals surface area contributed by atoms with E-state index in [9.17, 15) is 52.7 Å². The summed E-state index contributed by atoms with van der Waals surface area (Å²) in [6.45, 7) is 14.7. The summed E-state index contributed by atoms with van der Waals surface area (Å²) in [6, 6.07) is 0. The third-order valence-corrected chi connectivity index (χ3v) is 27.9. The lowest BCUT2D eigenvalue weighted by Crippen LogP contribution is -2.67. The minimum absolute atomic E-state index is 0.0152. The Morgan fingerprint density at radius 3 is 0.758 bits per heavy atom. The minimum Gasteiger partial charge on any atom is -0.456 e. The van der Waals surface area contributed by atoms with E-state index >= 15 is 0 Å². The van der Waals surface area contributed by atoms with E-state index in [0.29, 0.717) is 103 Å². The molecule has 95 heavy (non-hydrogen) atoms. The third kappa shape index (κ3) is 10.7. The van der Waals surface area contributed by atoms with Crippen molar-refractivity contribution in [3.8, 4) is 0 Å². The SMILES string of the molecule is C[C@@H]1CC[C@H]2C(CSCC3=C(C(F)(F)F)O[C@@H]4O[C@@]5(C)CCC6[C@H](C)CC[C@@H]3[C@]64OO5)=C(C(F)(F)F)O[C@@H]3O[C@@]4(C)CCC1[C@]32OO4.C[C@@H]1CC[C@H]2C(CSSCC3=C(C(F)(F)F)O[C@@H]4O[C@@]5(C)CCC6[C@H](C)CC[C@@H]3[C@]64OO5)=C(C(F)(F)F)O[C@@H]3O[C@@]4(C)CCC1[C@]32OO4. The second kappa shape index (κ2) is 23.2. The molecule has 31 heteroatoms. The van der Waals surface area contributed by atoms with Crippen molar-refractivity contribution in [2.24, 2.45) is 71.0 Å². The predicted molar refractivity (Wildman–Crippen MR) is 310 cm³/mol. The summed E-state index contributed by atoms with van der Waals surface area (Å²) in [4.78, 5) is 47.1. The first-order valence-electron chi connectivity index (χ1n) is 33.4. The molecule has 12 saturated heterocycles. The van der Waals surface area contributed by atoms with Gasteiger partial charge in [0, 0.05) is 96.0 Å². The monoisotopic (exact) mass is 1430 g/mol. The van der Waals surface area contributed by atoms with Gasteiger partial charge in [-0.3, -0.25) is 0 Å². The van der Waals surface area contributed by atoms with E-state index in [4.69, 9.17) is 77.0 Å². The Hall–Kier alpha value is -2.11. The first-order chi connectivity index (χ1) is 44.5. The minimum atomic E-state index is -4.85. The van der Waals surface area contributed by atoms with Crippen molar-refractivity contribution in [2.75, 3.05) is 23.0 Å². The number of alkyl halides is 12. The molecule has 0 aromatic carbocycles. The number of allylic oxidation sites excluding steroid dienone is 4. The normalized spacial score (nSPS) is 48.7. The Labute approximate surface area is 553 Å². The van der Waals surface area contributed by atoms with Gasteiger partial charge in [-0.1, -0.05) is 49.3 Å². The van der Waals surface area contributed by atoms with Gasteiger partial charge in [0.25, 0.3) is 0 Å². The van der Waals surface area contributed by atoms with E-state index in [1.807, 2.05) is 13.8 Å². The third-order valence-electron chi connectivity index (χ3n) is 24.7. The van der Waals surface area contributed by atoms with E-state index in [1.165, 1.54) is 0 Å². The van der Waals surface area contributed by atoms with Crippen molar-refractivity contribution in [3.63, 3.8) is 0 Å². The lowest BCUT2D eigenvalue weighted by atomic mass is 9.59. The molecular weight excluding hydrogens is 1350 g/mol. The van der Waals surface area contributed by atoms with E-state index in [1.54, 1.807) is 27.7 Å². The number of thioether (sulfide) groups is 1. The summed E-state index contributed by atoms with van der Waals surface area (Å²) < 4.78 is 223. The number of fused-ring (bicyclic) bond motifs is 8. The van der Waals surface area contributed by atoms with Crippen molar-refractivity contribution < 1.29 is 130 Å². The van der Waals surface area contributed by atoms with Gasteiger partial charge >= 0.3 is 24.7 Å². The highest BCUT2D eigenvalue weighted by molar-refractivity contribution is 8.76. The maximum absolute atomic E-state index is 14.7. The van der Waals surface area contributed by atoms with Crippen molar-refractivity contribution in [1.29, 1.82) is 0 Å². The molecule has 4 saturated carbocycles. The van der Waals surface area contributed by atoms with Crippen LogP contribution >= 0.6 is 33.3 Å². The van der Waals surface area contributed by atoms with Gasteiger partial charge in [0.1, 0.15) is 0 Å². The molecule has 4 spiro atoms. The number of ether oxygens (including phenoxy) is 8. The van der Waals surface area contributed by atoms with Crippen molar-refractivity contribution in [3.05, 3.63) is 45.3 Å². The summed E-state index contributed by atoms with van der Waals surface area (Å²) in [5.74, 6) is -13.4. The summed E-state index contributed by atoms with van der Waals surface area (Å²) in [6.07, 6.45) is -16.1.